The first-order valence-corrected chi connectivity index (χ1v) is 13.9. The van der Waals surface area contributed by atoms with Gasteiger partial charge in [0.25, 0.3) is 0 Å². The minimum Gasteiger partial charge on any atom is -0.466 e. The van der Waals surface area contributed by atoms with Crippen molar-refractivity contribution in [3.63, 3.8) is 0 Å². The van der Waals surface area contributed by atoms with Crippen molar-refractivity contribution in [3.05, 3.63) is 81.6 Å². The van der Waals surface area contributed by atoms with Crippen LogP contribution in [0, 0.1) is 30.2 Å². The first-order valence-electron chi connectivity index (χ1n) is 13.9. The van der Waals surface area contributed by atoms with E-state index >= 15 is 0 Å². The lowest BCUT2D eigenvalue weighted by Crippen LogP contribution is -2.55. The molecule has 0 saturated carbocycles. The van der Waals surface area contributed by atoms with Gasteiger partial charge in [-0.3, -0.25) is 0 Å². The largest absolute Gasteiger partial charge is 0.466 e. The molecule has 1 fully saturated rings. The van der Waals surface area contributed by atoms with Gasteiger partial charge in [0.2, 0.25) is 0 Å². The number of hydrogen-bond acceptors (Lipinski definition) is 6. The minimum absolute atomic E-state index is 0.00868. The van der Waals surface area contributed by atoms with Crippen molar-refractivity contribution in [1.29, 1.82) is 0 Å². The molecule has 0 radical (unpaired) electrons. The molecule has 0 aliphatic carbocycles. The molecule has 13 heteroatoms. The number of methoxy groups -OCH3 is 2. The number of halogens is 4. The van der Waals surface area contributed by atoms with E-state index < -0.39 is 47.3 Å². The van der Waals surface area contributed by atoms with Crippen molar-refractivity contribution in [2.24, 2.45) is 0 Å². The fourth-order valence-corrected chi connectivity index (χ4v) is 5.45. The van der Waals surface area contributed by atoms with Gasteiger partial charge in [-0.25, -0.2) is 36.8 Å². The lowest BCUT2D eigenvalue weighted by molar-refractivity contribution is -0.137. The van der Waals surface area contributed by atoms with Crippen molar-refractivity contribution in [2.45, 2.75) is 38.1 Å². The van der Waals surface area contributed by atoms with Gasteiger partial charge in [0.05, 0.1) is 25.0 Å². The summed E-state index contributed by atoms with van der Waals surface area (Å²) in [5.74, 6) is -4.30. The number of urea groups is 2. The molecule has 2 aromatic carbocycles. The fourth-order valence-electron chi connectivity index (χ4n) is 5.45. The van der Waals surface area contributed by atoms with Gasteiger partial charge >= 0.3 is 18.0 Å². The first-order chi connectivity index (χ1) is 20.5. The molecule has 0 spiro atoms. The summed E-state index contributed by atoms with van der Waals surface area (Å²) in [5, 5.41) is 5.13. The normalized spacial score (nSPS) is 18.1. The Kier molecular flexibility index (Phi) is 10.4. The third-order valence-corrected chi connectivity index (χ3v) is 7.80. The summed E-state index contributed by atoms with van der Waals surface area (Å²) in [7, 11) is 2.45. The predicted molar refractivity (Wildman–Crippen MR) is 148 cm³/mol. The fraction of sp³-hybridized carbons (Fsp3) is 0.433. The van der Waals surface area contributed by atoms with Gasteiger partial charge in [-0.15, -0.1) is 0 Å². The molecule has 0 aromatic heterocycles. The number of nitrogens with one attached hydrogen (secondary N) is 2. The number of piperidine rings is 1. The van der Waals surface area contributed by atoms with E-state index in [0.29, 0.717) is 31.6 Å². The summed E-state index contributed by atoms with van der Waals surface area (Å²) in [5.41, 5.74) is 0.499. The van der Waals surface area contributed by atoms with E-state index in [2.05, 4.69) is 15.5 Å². The molecule has 232 valence electrons. The number of benzene rings is 2. The highest BCUT2D eigenvalue weighted by atomic mass is 19.2. The lowest BCUT2D eigenvalue weighted by atomic mass is 9.88. The van der Waals surface area contributed by atoms with Gasteiger partial charge in [-0.05, 0) is 87.1 Å². The second-order valence-corrected chi connectivity index (χ2v) is 10.5. The molecule has 2 aliphatic heterocycles. The molecule has 2 N–H and O–H groups in total. The molecule has 9 nitrogen and oxygen atoms in total. The monoisotopic (exact) mass is 606 g/mol. The topological polar surface area (TPSA) is 100 Å². The van der Waals surface area contributed by atoms with Crippen LogP contribution in [0.25, 0.3) is 0 Å². The highest BCUT2D eigenvalue weighted by Crippen LogP contribution is 2.35. The number of nitrogens with zero attached hydrogens (tertiary/aromatic N) is 2. The molecular formula is C30H34F4N4O5. The molecular weight excluding hydrogens is 572 g/mol. The number of esters is 1. The van der Waals surface area contributed by atoms with E-state index in [9.17, 15) is 31.9 Å². The first kappa shape index (κ1) is 32.0. The number of hydrogen-bond donors (Lipinski definition) is 2. The van der Waals surface area contributed by atoms with E-state index in [4.69, 9.17) is 9.47 Å². The Labute approximate surface area is 246 Å². The van der Waals surface area contributed by atoms with Crippen LogP contribution < -0.4 is 10.6 Å². The number of carbonyl (C=O) groups is 3. The summed E-state index contributed by atoms with van der Waals surface area (Å²) in [4.78, 5) is 42.1. The van der Waals surface area contributed by atoms with Gasteiger partial charge < -0.3 is 25.0 Å². The maximum absolute atomic E-state index is 14.2. The number of imide groups is 1. The SMILES string of the molecule is COCC1=C(C(=O)OC)C(c2ccc(F)c(F)c2)N(C(=O)NCCCN2CCC(c3cc(F)c(C)c(F)c3)CC2)C(=O)N1. The van der Waals surface area contributed by atoms with E-state index in [1.54, 1.807) is 0 Å². The van der Waals surface area contributed by atoms with E-state index in [1.165, 1.54) is 32.2 Å². The zero-order valence-electron chi connectivity index (χ0n) is 24.1. The molecule has 0 bridgehead atoms. The Balaban J connectivity index is 1.40. The van der Waals surface area contributed by atoms with Crippen LogP contribution in [-0.2, 0) is 14.3 Å². The van der Waals surface area contributed by atoms with Crippen LogP contribution >= 0.6 is 0 Å². The number of likely N-dealkylation sites (tertiary alicyclic amines) is 1. The average molecular weight is 607 g/mol. The molecule has 1 unspecified atom stereocenters. The molecule has 4 amide bonds. The van der Waals surface area contributed by atoms with E-state index in [-0.39, 0.29) is 41.5 Å². The number of carbonyl (C=O) groups excluding carboxylic acids is 3. The summed E-state index contributed by atoms with van der Waals surface area (Å²) >= 11 is 0. The summed E-state index contributed by atoms with van der Waals surface area (Å²) in [6, 6.07) is 2.47. The highest BCUT2D eigenvalue weighted by molar-refractivity contribution is 6.01. The standard InChI is InChI=1S/C30H34F4N4O5/c1-17-22(32)14-20(15-23(17)33)18-7-11-37(12-8-18)10-4-9-35-29(40)38-27(19-5-6-21(31)24(34)13-19)26(28(39)43-3)25(16-42-2)36-30(38)41/h5-6,13-15,18,27H,4,7-12,16H2,1-3H3,(H,35,40)(H,36,41). The van der Waals surface area contributed by atoms with Crippen LogP contribution in [0.5, 0.6) is 0 Å². The van der Waals surface area contributed by atoms with Crippen LogP contribution in [0.15, 0.2) is 41.6 Å². The predicted octanol–water partition coefficient (Wildman–Crippen LogP) is 4.67. The summed E-state index contributed by atoms with van der Waals surface area (Å²) < 4.78 is 65.9. The van der Waals surface area contributed by atoms with Gasteiger partial charge in [0.15, 0.2) is 11.6 Å². The average Bonchev–Trinajstić information content (AvgIpc) is 2.99. The smallest absolute Gasteiger partial charge is 0.338 e. The van der Waals surface area contributed by atoms with Crippen molar-refractivity contribution in [3.8, 4) is 0 Å². The minimum atomic E-state index is -1.42. The van der Waals surface area contributed by atoms with Crippen molar-refractivity contribution >= 4 is 18.0 Å². The number of amides is 4. The second kappa shape index (κ2) is 14.0. The number of rotatable bonds is 9. The van der Waals surface area contributed by atoms with Gasteiger partial charge in [0, 0.05) is 19.2 Å². The van der Waals surface area contributed by atoms with Gasteiger partial charge in [0.1, 0.15) is 17.7 Å². The van der Waals surface area contributed by atoms with Crippen LogP contribution in [0.1, 0.15) is 47.9 Å². The molecule has 43 heavy (non-hydrogen) atoms. The quantitative estimate of drug-likeness (QED) is 0.245. The molecule has 1 atom stereocenters. The Hall–Kier alpha value is -3.97. The van der Waals surface area contributed by atoms with Crippen LogP contribution in [-0.4, -0.2) is 74.8 Å². The number of ether oxygens (including phenoxy) is 2. The molecule has 2 aliphatic rings. The van der Waals surface area contributed by atoms with Crippen LogP contribution in [0.2, 0.25) is 0 Å². The third kappa shape index (κ3) is 7.16. The maximum Gasteiger partial charge on any atom is 0.338 e. The van der Waals surface area contributed by atoms with Gasteiger partial charge in [-0.1, -0.05) is 6.07 Å². The van der Waals surface area contributed by atoms with Crippen molar-refractivity contribution in [2.75, 3.05) is 47.0 Å². The molecule has 4 rings (SSSR count). The third-order valence-electron chi connectivity index (χ3n) is 7.80. The second-order valence-electron chi connectivity index (χ2n) is 10.5. The summed E-state index contributed by atoms with van der Waals surface area (Å²) in [6.07, 6.45) is 1.97. The maximum atomic E-state index is 14.2. The Morgan fingerprint density at radius 1 is 0.977 bits per heavy atom. The van der Waals surface area contributed by atoms with Crippen LogP contribution in [0.4, 0.5) is 27.2 Å². The zero-order chi connectivity index (χ0) is 31.3. The Morgan fingerprint density at radius 2 is 1.63 bits per heavy atom. The molecule has 1 saturated heterocycles. The van der Waals surface area contributed by atoms with Crippen LogP contribution in [0.3, 0.4) is 0 Å². The lowest BCUT2D eigenvalue weighted by Gasteiger charge is -2.36. The Bertz CT molecular complexity index is 1390. The van der Waals surface area contributed by atoms with E-state index in [0.717, 1.165) is 37.0 Å². The van der Waals surface area contributed by atoms with Crippen molar-refractivity contribution in [1.82, 2.24) is 20.4 Å². The summed E-state index contributed by atoms with van der Waals surface area (Å²) in [6.45, 7) is 3.40. The zero-order valence-corrected chi connectivity index (χ0v) is 24.1. The molecule has 2 heterocycles. The highest BCUT2D eigenvalue weighted by Gasteiger charge is 2.43. The van der Waals surface area contributed by atoms with E-state index in [1.807, 2.05) is 0 Å². The Morgan fingerprint density at radius 3 is 2.23 bits per heavy atom. The van der Waals surface area contributed by atoms with Gasteiger partial charge in [-0.2, -0.15) is 0 Å². The molecule has 2 aromatic rings. The van der Waals surface area contributed by atoms with Crippen molar-refractivity contribution < 1.29 is 41.4 Å².